The van der Waals surface area contributed by atoms with Gasteiger partial charge in [0, 0.05) is 30.9 Å². The SMILES string of the molecule is CCCCn1c(CCC)nc(-c2cccnc2)c1N. The molecule has 2 rings (SSSR count). The van der Waals surface area contributed by atoms with Crippen molar-refractivity contribution in [2.24, 2.45) is 0 Å². The summed E-state index contributed by atoms with van der Waals surface area (Å²) < 4.78 is 2.16. The van der Waals surface area contributed by atoms with E-state index in [1.54, 1.807) is 6.20 Å². The molecule has 0 radical (unpaired) electrons. The Balaban J connectivity index is 2.40. The fraction of sp³-hybridized carbons (Fsp3) is 0.467. The van der Waals surface area contributed by atoms with Crippen LogP contribution in [0, 0.1) is 0 Å². The third-order valence-corrected chi connectivity index (χ3v) is 3.23. The number of nitrogens with two attached hydrogens (primary N) is 1. The first-order chi connectivity index (χ1) is 9.27. The van der Waals surface area contributed by atoms with Gasteiger partial charge in [-0.3, -0.25) is 4.98 Å². The predicted molar refractivity (Wildman–Crippen MR) is 78.8 cm³/mol. The summed E-state index contributed by atoms with van der Waals surface area (Å²) in [7, 11) is 0. The van der Waals surface area contributed by atoms with E-state index in [0.29, 0.717) is 0 Å². The van der Waals surface area contributed by atoms with Crippen LogP contribution >= 0.6 is 0 Å². The normalized spacial score (nSPS) is 10.8. The minimum absolute atomic E-state index is 0.768. The molecule has 0 aromatic carbocycles. The molecule has 0 aliphatic heterocycles. The summed E-state index contributed by atoms with van der Waals surface area (Å²) >= 11 is 0. The summed E-state index contributed by atoms with van der Waals surface area (Å²) in [4.78, 5) is 8.87. The fourth-order valence-corrected chi connectivity index (χ4v) is 2.21. The molecule has 2 heterocycles. The van der Waals surface area contributed by atoms with Crippen molar-refractivity contribution < 1.29 is 0 Å². The van der Waals surface area contributed by atoms with Gasteiger partial charge in [-0.2, -0.15) is 0 Å². The highest BCUT2D eigenvalue weighted by Gasteiger charge is 2.15. The number of aromatic nitrogens is 3. The zero-order valence-electron chi connectivity index (χ0n) is 11.8. The molecule has 2 N–H and O–H groups in total. The Morgan fingerprint density at radius 3 is 2.74 bits per heavy atom. The zero-order valence-corrected chi connectivity index (χ0v) is 11.8. The van der Waals surface area contributed by atoms with Gasteiger partial charge in [0.1, 0.15) is 17.3 Å². The number of nitrogen functional groups attached to an aromatic ring is 1. The quantitative estimate of drug-likeness (QED) is 0.865. The average Bonchev–Trinajstić information content (AvgIpc) is 2.75. The highest BCUT2D eigenvalue weighted by molar-refractivity contribution is 5.70. The topological polar surface area (TPSA) is 56.7 Å². The number of unbranched alkanes of at least 4 members (excludes halogenated alkanes) is 1. The summed E-state index contributed by atoms with van der Waals surface area (Å²) in [6, 6.07) is 3.92. The minimum Gasteiger partial charge on any atom is -0.383 e. The molecular weight excluding hydrogens is 236 g/mol. The lowest BCUT2D eigenvalue weighted by molar-refractivity contribution is 0.604. The minimum atomic E-state index is 0.768. The molecule has 0 saturated carbocycles. The Morgan fingerprint density at radius 1 is 1.26 bits per heavy atom. The maximum Gasteiger partial charge on any atom is 0.131 e. The molecule has 0 unspecified atom stereocenters. The van der Waals surface area contributed by atoms with E-state index in [1.807, 2.05) is 18.3 Å². The van der Waals surface area contributed by atoms with Gasteiger partial charge in [0.25, 0.3) is 0 Å². The van der Waals surface area contributed by atoms with Gasteiger partial charge in [0.15, 0.2) is 0 Å². The van der Waals surface area contributed by atoms with E-state index < -0.39 is 0 Å². The Labute approximate surface area is 114 Å². The van der Waals surface area contributed by atoms with Crippen LogP contribution in [-0.2, 0) is 13.0 Å². The number of nitrogens with zero attached hydrogens (tertiary/aromatic N) is 3. The van der Waals surface area contributed by atoms with Gasteiger partial charge in [0.2, 0.25) is 0 Å². The number of hydrogen-bond acceptors (Lipinski definition) is 3. The zero-order chi connectivity index (χ0) is 13.7. The molecule has 4 nitrogen and oxygen atoms in total. The monoisotopic (exact) mass is 258 g/mol. The lowest BCUT2D eigenvalue weighted by atomic mass is 10.2. The second-order valence-corrected chi connectivity index (χ2v) is 4.76. The Kier molecular flexibility index (Phi) is 4.55. The molecular formula is C15H22N4. The summed E-state index contributed by atoms with van der Waals surface area (Å²) in [5.74, 6) is 1.86. The van der Waals surface area contributed by atoms with Crippen molar-refractivity contribution in [2.45, 2.75) is 46.1 Å². The standard InChI is InChI=1S/C15H22N4/c1-3-5-10-19-13(7-4-2)18-14(15(19)16)12-8-6-9-17-11-12/h6,8-9,11H,3-5,7,10,16H2,1-2H3. The van der Waals surface area contributed by atoms with Crippen LogP contribution in [0.25, 0.3) is 11.3 Å². The predicted octanol–water partition coefficient (Wildman–Crippen LogP) is 3.28. The van der Waals surface area contributed by atoms with Crippen LogP contribution in [0.2, 0.25) is 0 Å². The molecule has 0 aliphatic carbocycles. The molecule has 19 heavy (non-hydrogen) atoms. The molecule has 0 atom stereocenters. The van der Waals surface area contributed by atoms with E-state index in [2.05, 4.69) is 23.4 Å². The van der Waals surface area contributed by atoms with Gasteiger partial charge in [-0.15, -0.1) is 0 Å². The second-order valence-electron chi connectivity index (χ2n) is 4.76. The van der Waals surface area contributed by atoms with Crippen LogP contribution in [0.1, 0.15) is 38.9 Å². The van der Waals surface area contributed by atoms with Crippen LogP contribution in [0.4, 0.5) is 5.82 Å². The second kappa shape index (κ2) is 6.36. The largest absolute Gasteiger partial charge is 0.383 e. The van der Waals surface area contributed by atoms with Crippen LogP contribution in [-0.4, -0.2) is 14.5 Å². The van der Waals surface area contributed by atoms with E-state index in [4.69, 9.17) is 10.7 Å². The Bertz CT molecular complexity index is 516. The van der Waals surface area contributed by atoms with E-state index in [0.717, 1.165) is 55.1 Å². The molecule has 0 saturated heterocycles. The van der Waals surface area contributed by atoms with E-state index in [9.17, 15) is 0 Å². The van der Waals surface area contributed by atoms with Crippen molar-refractivity contribution in [2.75, 3.05) is 5.73 Å². The van der Waals surface area contributed by atoms with Gasteiger partial charge < -0.3 is 10.3 Å². The molecule has 102 valence electrons. The lowest BCUT2D eigenvalue weighted by Crippen LogP contribution is -2.07. The van der Waals surface area contributed by atoms with Crippen molar-refractivity contribution >= 4 is 5.82 Å². The number of rotatable bonds is 6. The fourth-order valence-electron chi connectivity index (χ4n) is 2.21. The highest BCUT2D eigenvalue weighted by Crippen LogP contribution is 2.26. The summed E-state index contributed by atoms with van der Waals surface area (Å²) in [5.41, 5.74) is 8.14. The first kappa shape index (κ1) is 13.6. The van der Waals surface area contributed by atoms with E-state index in [-0.39, 0.29) is 0 Å². The molecule has 2 aromatic heterocycles. The van der Waals surface area contributed by atoms with Gasteiger partial charge in [-0.05, 0) is 25.0 Å². The molecule has 0 amide bonds. The molecule has 2 aromatic rings. The van der Waals surface area contributed by atoms with E-state index in [1.165, 1.54) is 0 Å². The molecule has 0 spiro atoms. The van der Waals surface area contributed by atoms with Crippen molar-refractivity contribution in [1.29, 1.82) is 0 Å². The van der Waals surface area contributed by atoms with Crippen molar-refractivity contribution in [3.05, 3.63) is 30.4 Å². The number of pyridine rings is 1. The van der Waals surface area contributed by atoms with Gasteiger partial charge >= 0.3 is 0 Å². The average molecular weight is 258 g/mol. The third kappa shape index (κ3) is 2.95. The Morgan fingerprint density at radius 2 is 2.11 bits per heavy atom. The van der Waals surface area contributed by atoms with Crippen molar-refractivity contribution in [3.8, 4) is 11.3 Å². The van der Waals surface area contributed by atoms with Crippen LogP contribution in [0.15, 0.2) is 24.5 Å². The molecule has 0 bridgehead atoms. The first-order valence-electron chi connectivity index (χ1n) is 7.03. The smallest absolute Gasteiger partial charge is 0.131 e. The number of imidazole rings is 1. The highest BCUT2D eigenvalue weighted by atomic mass is 15.1. The third-order valence-electron chi connectivity index (χ3n) is 3.23. The van der Waals surface area contributed by atoms with Crippen LogP contribution < -0.4 is 5.73 Å². The number of aryl methyl sites for hydroxylation is 1. The van der Waals surface area contributed by atoms with Crippen LogP contribution in [0.5, 0.6) is 0 Å². The van der Waals surface area contributed by atoms with Gasteiger partial charge in [-0.1, -0.05) is 20.3 Å². The number of hydrogen-bond donors (Lipinski definition) is 1. The molecule has 0 fully saturated rings. The maximum atomic E-state index is 6.28. The Hall–Kier alpha value is -1.84. The van der Waals surface area contributed by atoms with Gasteiger partial charge in [-0.25, -0.2) is 4.98 Å². The van der Waals surface area contributed by atoms with Crippen molar-refractivity contribution in [3.63, 3.8) is 0 Å². The van der Waals surface area contributed by atoms with Gasteiger partial charge in [0.05, 0.1) is 0 Å². The summed E-state index contributed by atoms with van der Waals surface area (Å²) in [6.45, 7) is 5.30. The van der Waals surface area contributed by atoms with Crippen LogP contribution in [0.3, 0.4) is 0 Å². The van der Waals surface area contributed by atoms with E-state index >= 15 is 0 Å². The summed E-state index contributed by atoms with van der Waals surface area (Å²) in [5, 5.41) is 0. The lowest BCUT2D eigenvalue weighted by Gasteiger charge is -2.08. The van der Waals surface area contributed by atoms with Crippen molar-refractivity contribution in [1.82, 2.24) is 14.5 Å². The maximum absolute atomic E-state index is 6.28. The molecule has 0 aliphatic rings. The summed E-state index contributed by atoms with van der Waals surface area (Å²) in [6.07, 6.45) is 7.91. The molecule has 4 heteroatoms. The first-order valence-corrected chi connectivity index (χ1v) is 7.03. The number of anilines is 1.